The lowest BCUT2D eigenvalue weighted by Crippen LogP contribution is -2.12. The maximum absolute atomic E-state index is 10.8. The molecule has 0 saturated carbocycles. The fraction of sp³-hybridized carbons (Fsp3) is 0.222. The predicted molar refractivity (Wildman–Crippen MR) is 50.3 cm³/mol. The van der Waals surface area contributed by atoms with Crippen LogP contribution in [0.4, 0.5) is 10.5 Å². The Hall–Kier alpha value is -2.11. The number of amides is 1. The summed E-state index contributed by atoms with van der Waals surface area (Å²) in [7, 11) is 0. The minimum Gasteiger partial charge on any atom is -0.439 e. The van der Waals surface area contributed by atoms with Crippen molar-refractivity contribution in [2.75, 3.05) is 6.54 Å². The normalized spacial score (nSPS) is 19.5. The summed E-state index contributed by atoms with van der Waals surface area (Å²) >= 11 is 0. The predicted octanol–water partition coefficient (Wildman–Crippen LogP) is 1.38. The first kappa shape index (κ1) is 9.45. The third kappa shape index (κ3) is 1.88. The first-order chi connectivity index (χ1) is 7.16. The monoisotopic (exact) mass is 208 g/mol. The van der Waals surface area contributed by atoms with Crippen molar-refractivity contribution in [2.24, 2.45) is 0 Å². The number of hydrogen-bond acceptors (Lipinski definition) is 4. The molecule has 2 rings (SSSR count). The van der Waals surface area contributed by atoms with Crippen LogP contribution in [-0.4, -0.2) is 17.6 Å². The van der Waals surface area contributed by atoms with Crippen molar-refractivity contribution in [2.45, 2.75) is 6.10 Å². The summed E-state index contributed by atoms with van der Waals surface area (Å²) in [6, 6.07) is 5.95. The van der Waals surface area contributed by atoms with E-state index < -0.39 is 11.0 Å². The van der Waals surface area contributed by atoms with Gasteiger partial charge in [-0.3, -0.25) is 10.1 Å². The van der Waals surface area contributed by atoms with Gasteiger partial charge in [0.2, 0.25) is 0 Å². The molecule has 0 aliphatic carbocycles. The van der Waals surface area contributed by atoms with E-state index in [0.717, 1.165) is 5.56 Å². The second kappa shape index (κ2) is 3.56. The van der Waals surface area contributed by atoms with Gasteiger partial charge < -0.3 is 10.1 Å². The van der Waals surface area contributed by atoms with Crippen LogP contribution in [0.1, 0.15) is 11.7 Å². The van der Waals surface area contributed by atoms with Crippen LogP contribution in [0, 0.1) is 10.1 Å². The number of ether oxygens (including phenoxy) is 1. The van der Waals surface area contributed by atoms with E-state index in [9.17, 15) is 14.9 Å². The molecule has 1 aliphatic rings. The van der Waals surface area contributed by atoms with Gasteiger partial charge in [-0.05, 0) is 17.7 Å². The van der Waals surface area contributed by atoms with Gasteiger partial charge >= 0.3 is 6.09 Å². The first-order valence-corrected chi connectivity index (χ1v) is 4.35. The summed E-state index contributed by atoms with van der Waals surface area (Å²) in [5.41, 5.74) is 0.773. The van der Waals surface area contributed by atoms with E-state index in [0.29, 0.717) is 6.54 Å². The second-order valence-electron chi connectivity index (χ2n) is 3.12. The minimum atomic E-state index is -0.470. The van der Waals surface area contributed by atoms with E-state index in [4.69, 9.17) is 4.74 Å². The van der Waals surface area contributed by atoms with Gasteiger partial charge in [-0.2, -0.15) is 0 Å². The Morgan fingerprint density at radius 2 is 2.07 bits per heavy atom. The van der Waals surface area contributed by atoms with Gasteiger partial charge in [0.25, 0.3) is 5.69 Å². The maximum Gasteiger partial charge on any atom is 0.407 e. The SMILES string of the molecule is O=C1NC[C@H](c2ccc([N+](=O)[O-])cc2)O1. The number of rotatable bonds is 2. The summed E-state index contributed by atoms with van der Waals surface area (Å²) in [6.45, 7) is 0.399. The lowest BCUT2D eigenvalue weighted by atomic mass is 10.1. The third-order valence-corrected chi connectivity index (χ3v) is 2.16. The Bertz CT molecular complexity index is 401. The Morgan fingerprint density at radius 3 is 2.53 bits per heavy atom. The molecule has 1 aromatic carbocycles. The smallest absolute Gasteiger partial charge is 0.407 e. The quantitative estimate of drug-likeness (QED) is 0.587. The Balaban J connectivity index is 2.17. The summed E-state index contributed by atoms with van der Waals surface area (Å²) in [5.74, 6) is 0. The Morgan fingerprint density at radius 1 is 1.40 bits per heavy atom. The van der Waals surface area contributed by atoms with Crippen LogP contribution in [0.2, 0.25) is 0 Å². The van der Waals surface area contributed by atoms with E-state index in [-0.39, 0.29) is 11.8 Å². The van der Waals surface area contributed by atoms with Gasteiger partial charge in [-0.1, -0.05) is 0 Å². The molecule has 78 valence electrons. The van der Waals surface area contributed by atoms with Gasteiger partial charge in [0.15, 0.2) is 0 Å². The molecule has 1 amide bonds. The number of nitro groups is 1. The molecule has 6 nitrogen and oxygen atoms in total. The number of nitro benzene ring substituents is 1. The number of non-ortho nitro benzene ring substituents is 1. The van der Waals surface area contributed by atoms with Gasteiger partial charge in [0, 0.05) is 12.1 Å². The molecule has 6 heteroatoms. The van der Waals surface area contributed by atoms with Crippen molar-refractivity contribution in [1.82, 2.24) is 5.32 Å². The highest BCUT2D eigenvalue weighted by atomic mass is 16.6. The van der Waals surface area contributed by atoms with E-state index >= 15 is 0 Å². The third-order valence-electron chi connectivity index (χ3n) is 2.16. The van der Waals surface area contributed by atoms with Crippen LogP contribution in [0.25, 0.3) is 0 Å². The second-order valence-corrected chi connectivity index (χ2v) is 3.12. The molecule has 0 unspecified atom stereocenters. The van der Waals surface area contributed by atoms with E-state index in [1.165, 1.54) is 12.1 Å². The van der Waals surface area contributed by atoms with Crippen molar-refractivity contribution in [1.29, 1.82) is 0 Å². The van der Waals surface area contributed by atoms with Gasteiger partial charge in [-0.25, -0.2) is 4.79 Å². The lowest BCUT2D eigenvalue weighted by molar-refractivity contribution is -0.384. The molecule has 1 heterocycles. The summed E-state index contributed by atoms with van der Waals surface area (Å²) in [4.78, 5) is 20.7. The van der Waals surface area contributed by atoms with Crippen LogP contribution in [0.3, 0.4) is 0 Å². The van der Waals surface area contributed by atoms with E-state index in [1.54, 1.807) is 12.1 Å². The zero-order valence-electron chi connectivity index (χ0n) is 7.67. The summed E-state index contributed by atoms with van der Waals surface area (Å²) < 4.78 is 4.93. The standard InChI is InChI=1S/C9H8N2O4/c12-9-10-5-8(15-9)6-1-3-7(4-2-6)11(13)14/h1-4,8H,5H2,(H,10,12)/t8-/m1/s1. The number of hydrogen-bond donors (Lipinski definition) is 1. The first-order valence-electron chi connectivity index (χ1n) is 4.35. The van der Waals surface area contributed by atoms with Gasteiger partial charge in [-0.15, -0.1) is 0 Å². The fourth-order valence-corrected chi connectivity index (χ4v) is 1.39. The number of carbonyl (C=O) groups excluding carboxylic acids is 1. The Kier molecular flexibility index (Phi) is 2.24. The molecule has 0 spiro atoms. The van der Waals surface area contributed by atoms with Crippen molar-refractivity contribution in [3.8, 4) is 0 Å². The van der Waals surface area contributed by atoms with Crippen molar-refractivity contribution in [3.63, 3.8) is 0 Å². The molecule has 1 aliphatic heterocycles. The van der Waals surface area contributed by atoms with E-state index in [2.05, 4.69) is 5.32 Å². The molecule has 1 saturated heterocycles. The molecular formula is C9H8N2O4. The molecule has 1 fully saturated rings. The molecule has 1 aromatic rings. The molecule has 1 N–H and O–H groups in total. The zero-order valence-corrected chi connectivity index (χ0v) is 7.67. The molecular weight excluding hydrogens is 200 g/mol. The van der Waals surface area contributed by atoms with Crippen molar-refractivity contribution in [3.05, 3.63) is 39.9 Å². The number of carbonyl (C=O) groups is 1. The van der Waals surface area contributed by atoms with Crippen molar-refractivity contribution < 1.29 is 14.5 Å². The van der Waals surface area contributed by atoms with Crippen LogP contribution < -0.4 is 5.32 Å². The topological polar surface area (TPSA) is 81.5 Å². The van der Waals surface area contributed by atoms with Crippen LogP contribution in [0.15, 0.2) is 24.3 Å². The highest BCUT2D eigenvalue weighted by molar-refractivity contribution is 5.69. The number of benzene rings is 1. The van der Waals surface area contributed by atoms with Crippen molar-refractivity contribution >= 4 is 11.8 Å². The average molecular weight is 208 g/mol. The largest absolute Gasteiger partial charge is 0.439 e. The summed E-state index contributed by atoms with van der Waals surface area (Å²) in [6.07, 6.45) is -0.809. The summed E-state index contributed by atoms with van der Waals surface area (Å²) in [5, 5.41) is 12.9. The highest BCUT2D eigenvalue weighted by Crippen LogP contribution is 2.22. The molecule has 15 heavy (non-hydrogen) atoms. The number of alkyl carbamates (subject to hydrolysis) is 1. The number of nitrogens with zero attached hydrogens (tertiary/aromatic N) is 1. The highest BCUT2D eigenvalue weighted by Gasteiger charge is 2.24. The number of nitrogens with one attached hydrogen (secondary N) is 1. The lowest BCUT2D eigenvalue weighted by Gasteiger charge is -2.06. The maximum atomic E-state index is 10.8. The fourth-order valence-electron chi connectivity index (χ4n) is 1.39. The molecule has 1 atom stereocenters. The molecule has 0 bridgehead atoms. The number of cyclic esters (lactones) is 1. The minimum absolute atomic E-state index is 0.0241. The van der Waals surface area contributed by atoms with Gasteiger partial charge in [0.05, 0.1) is 11.5 Å². The molecule has 0 radical (unpaired) electrons. The van der Waals surface area contributed by atoms with Crippen LogP contribution in [-0.2, 0) is 4.74 Å². The zero-order chi connectivity index (χ0) is 10.8. The average Bonchev–Trinajstić information content (AvgIpc) is 2.65. The Labute approximate surface area is 85.0 Å². The van der Waals surface area contributed by atoms with Crippen LogP contribution >= 0.6 is 0 Å². The molecule has 0 aromatic heterocycles. The van der Waals surface area contributed by atoms with Gasteiger partial charge in [0.1, 0.15) is 6.10 Å². The van der Waals surface area contributed by atoms with Crippen LogP contribution in [0.5, 0.6) is 0 Å². The van der Waals surface area contributed by atoms with E-state index in [1.807, 2.05) is 0 Å².